The quantitative estimate of drug-likeness (QED) is 0.236. The van der Waals surface area contributed by atoms with Gasteiger partial charge in [-0.05, 0) is 6.92 Å². The molecule has 12 nitrogen and oxygen atoms in total. The van der Waals surface area contributed by atoms with E-state index in [0.717, 1.165) is 0 Å². The first-order valence-corrected chi connectivity index (χ1v) is 8.90. The van der Waals surface area contributed by atoms with Crippen molar-refractivity contribution in [3.63, 3.8) is 0 Å². The fourth-order valence-electron chi connectivity index (χ4n) is 3.37. The van der Waals surface area contributed by atoms with Crippen LogP contribution in [0.4, 0.5) is 0 Å². The van der Waals surface area contributed by atoms with Gasteiger partial charge in [0.15, 0.2) is 12.6 Å². The van der Waals surface area contributed by atoms with Crippen molar-refractivity contribution >= 4 is 11.8 Å². The Hall–Kier alpha value is -1.38. The third-order valence-electron chi connectivity index (χ3n) is 4.75. The molecule has 0 bridgehead atoms. The molecular weight excluding hydrogens is 380 g/mol. The van der Waals surface area contributed by atoms with E-state index in [4.69, 9.17) is 14.2 Å². The second-order valence-electron chi connectivity index (χ2n) is 6.98. The lowest BCUT2D eigenvalue weighted by Crippen LogP contribution is -2.69. The molecule has 2 amide bonds. The number of hydrogen-bond donors (Lipinski definition) is 7. The molecule has 2 aliphatic rings. The van der Waals surface area contributed by atoms with Crippen LogP contribution in [0.1, 0.15) is 20.8 Å². The minimum absolute atomic E-state index is 0.430. The van der Waals surface area contributed by atoms with E-state index in [1.54, 1.807) is 6.92 Å². The highest BCUT2D eigenvalue weighted by atomic mass is 16.7. The zero-order valence-electron chi connectivity index (χ0n) is 15.8. The van der Waals surface area contributed by atoms with Crippen molar-refractivity contribution in [2.75, 3.05) is 6.61 Å². The number of carbonyl (C=O) groups is 2. The molecule has 0 aliphatic carbocycles. The first kappa shape index (κ1) is 22.9. The molecule has 0 aromatic rings. The Morgan fingerprint density at radius 1 is 0.929 bits per heavy atom. The second kappa shape index (κ2) is 9.41. The highest BCUT2D eigenvalue weighted by Crippen LogP contribution is 2.28. The summed E-state index contributed by atoms with van der Waals surface area (Å²) < 4.78 is 16.4. The Morgan fingerprint density at radius 3 is 2.04 bits per heavy atom. The molecule has 0 unspecified atom stereocenters. The van der Waals surface area contributed by atoms with Crippen LogP contribution in [0.25, 0.3) is 0 Å². The third kappa shape index (κ3) is 4.96. The first-order valence-electron chi connectivity index (χ1n) is 8.90. The number of carbonyl (C=O) groups excluding carboxylic acids is 2. The van der Waals surface area contributed by atoms with E-state index in [0.29, 0.717) is 0 Å². The maximum absolute atomic E-state index is 11.6. The molecule has 28 heavy (non-hydrogen) atoms. The lowest BCUT2D eigenvalue weighted by molar-refractivity contribution is -0.329. The smallest absolute Gasteiger partial charge is 0.217 e. The summed E-state index contributed by atoms with van der Waals surface area (Å²) in [5, 5.41) is 54.6. The standard InChI is InChI=1S/C16H28N2O10/c1-5-9(17-6(2)20)14(10(15(25)26-5)18-7(3)21)28-16-13(24)12(23)11(22)8(4-19)27-16/h5,8-16,19,22-25H,4H2,1-3H3,(H,17,20)(H,18,21)/t5-,8-,9-,10-,11+,12+,13-,14+,15+,16-/m1/s1. The van der Waals surface area contributed by atoms with Gasteiger partial charge >= 0.3 is 0 Å². The molecule has 0 aromatic carbocycles. The Morgan fingerprint density at radius 2 is 1.50 bits per heavy atom. The molecule has 0 radical (unpaired) electrons. The third-order valence-corrected chi connectivity index (χ3v) is 4.75. The zero-order chi connectivity index (χ0) is 21.2. The fourth-order valence-corrected chi connectivity index (χ4v) is 3.37. The number of hydrogen-bond acceptors (Lipinski definition) is 10. The van der Waals surface area contributed by atoms with Crippen LogP contribution in [0.3, 0.4) is 0 Å². The van der Waals surface area contributed by atoms with Crippen molar-refractivity contribution in [2.45, 2.75) is 82.1 Å². The van der Waals surface area contributed by atoms with Crippen LogP contribution in [0.5, 0.6) is 0 Å². The summed E-state index contributed by atoms with van der Waals surface area (Å²) >= 11 is 0. The molecule has 162 valence electrons. The van der Waals surface area contributed by atoms with E-state index in [-0.39, 0.29) is 0 Å². The Kier molecular flexibility index (Phi) is 7.70. The maximum atomic E-state index is 11.6. The van der Waals surface area contributed by atoms with E-state index in [1.807, 2.05) is 0 Å². The monoisotopic (exact) mass is 408 g/mol. The van der Waals surface area contributed by atoms with Crippen molar-refractivity contribution in [3.8, 4) is 0 Å². The van der Waals surface area contributed by atoms with Crippen LogP contribution < -0.4 is 10.6 Å². The average molecular weight is 408 g/mol. The van der Waals surface area contributed by atoms with E-state index in [9.17, 15) is 35.1 Å². The fraction of sp³-hybridized carbons (Fsp3) is 0.875. The largest absolute Gasteiger partial charge is 0.394 e. The minimum atomic E-state index is -1.69. The van der Waals surface area contributed by atoms with Crippen LogP contribution >= 0.6 is 0 Å². The first-order chi connectivity index (χ1) is 13.1. The van der Waals surface area contributed by atoms with Crippen molar-refractivity contribution < 1.29 is 49.3 Å². The molecule has 0 aromatic heterocycles. The van der Waals surface area contributed by atoms with Crippen LogP contribution in [-0.2, 0) is 23.8 Å². The highest BCUT2D eigenvalue weighted by molar-refractivity contribution is 5.74. The number of amides is 2. The molecule has 10 atom stereocenters. The summed E-state index contributed by atoms with van der Waals surface area (Å²) in [4.78, 5) is 23.2. The van der Waals surface area contributed by atoms with Gasteiger partial charge < -0.3 is 50.4 Å². The van der Waals surface area contributed by atoms with Gasteiger partial charge in [0.1, 0.15) is 36.6 Å². The molecule has 2 heterocycles. The second-order valence-corrected chi connectivity index (χ2v) is 6.98. The molecule has 0 saturated carbocycles. The SMILES string of the molecule is CC(=O)N[C@@H]1[C@@H](O[C@H]2O[C@H](CO)[C@H](O)[C@H](O)[C@H]2O)[C@H](NC(C)=O)[C@@H](C)O[C@@H]1O. The lowest BCUT2D eigenvalue weighted by atomic mass is 9.93. The summed E-state index contributed by atoms with van der Waals surface area (Å²) in [6.45, 7) is 3.39. The Bertz CT molecular complexity index is 534. The molecular formula is C16H28N2O10. The van der Waals surface area contributed by atoms with Crippen molar-refractivity contribution in [1.29, 1.82) is 0 Å². The molecule has 2 aliphatic heterocycles. The molecule has 12 heteroatoms. The van der Waals surface area contributed by atoms with Crippen molar-refractivity contribution in [2.24, 2.45) is 0 Å². The number of aliphatic hydroxyl groups excluding tert-OH is 5. The van der Waals surface area contributed by atoms with Crippen molar-refractivity contribution in [1.82, 2.24) is 10.6 Å². The van der Waals surface area contributed by atoms with Gasteiger partial charge in [-0.1, -0.05) is 0 Å². The van der Waals surface area contributed by atoms with Crippen LogP contribution in [0, 0.1) is 0 Å². The summed E-state index contributed by atoms with van der Waals surface area (Å²) in [5.74, 6) is -0.938. The van der Waals surface area contributed by atoms with E-state index >= 15 is 0 Å². The van der Waals surface area contributed by atoms with Crippen molar-refractivity contribution in [3.05, 3.63) is 0 Å². The average Bonchev–Trinajstić information content (AvgIpc) is 2.61. The Balaban J connectivity index is 2.30. The zero-order valence-corrected chi connectivity index (χ0v) is 15.8. The predicted molar refractivity (Wildman–Crippen MR) is 90.4 cm³/mol. The predicted octanol–water partition coefficient (Wildman–Crippen LogP) is -4.08. The van der Waals surface area contributed by atoms with Gasteiger partial charge in [-0.25, -0.2) is 0 Å². The van der Waals surface area contributed by atoms with Gasteiger partial charge in [-0.3, -0.25) is 9.59 Å². The van der Waals surface area contributed by atoms with E-state index in [2.05, 4.69) is 10.6 Å². The van der Waals surface area contributed by atoms with Gasteiger partial charge in [0.25, 0.3) is 0 Å². The summed E-state index contributed by atoms with van der Waals surface area (Å²) in [6, 6.07) is -2.00. The van der Waals surface area contributed by atoms with Gasteiger partial charge in [-0.2, -0.15) is 0 Å². The maximum Gasteiger partial charge on any atom is 0.217 e. The molecule has 2 rings (SSSR count). The van der Waals surface area contributed by atoms with Gasteiger partial charge in [0.2, 0.25) is 11.8 Å². The molecule has 2 saturated heterocycles. The molecule has 7 N–H and O–H groups in total. The summed E-state index contributed by atoms with van der Waals surface area (Å²) in [6.07, 6.45) is -11.0. The van der Waals surface area contributed by atoms with Gasteiger partial charge in [0, 0.05) is 13.8 Å². The number of ether oxygens (including phenoxy) is 3. The van der Waals surface area contributed by atoms with Gasteiger partial charge in [-0.15, -0.1) is 0 Å². The number of rotatable bonds is 5. The Labute approximate surface area is 161 Å². The number of aliphatic hydroxyl groups is 5. The number of nitrogens with one attached hydrogen (secondary N) is 2. The van der Waals surface area contributed by atoms with E-state index in [1.165, 1.54) is 13.8 Å². The highest BCUT2D eigenvalue weighted by Gasteiger charge is 2.50. The van der Waals surface area contributed by atoms with Crippen LogP contribution in [0.15, 0.2) is 0 Å². The summed E-state index contributed by atoms with van der Waals surface area (Å²) in [5.41, 5.74) is 0. The van der Waals surface area contributed by atoms with Gasteiger partial charge in [0.05, 0.1) is 18.8 Å². The minimum Gasteiger partial charge on any atom is -0.394 e. The van der Waals surface area contributed by atoms with E-state index < -0.39 is 79.7 Å². The van der Waals surface area contributed by atoms with Crippen LogP contribution in [-0.4, -0.2) is 105 Å². The normalized spacial score (nSPS) is 44.0. The van der Waals surface area contributed by atoms with Crippen LogP contribution in [0.2, 0.25) is 0 Å². The molecule has 0 spiro atoms. The topological polar surface area (TPSA) is 187 Å². The summed E-state index contributed by atoms with van der Waals surface area (Å²) in [7, 11) is 0. The lowest BCUT2D eigenvalue weighted by Gasteiger charge is -2.47. The molecule has 2 fully saturated rings.